The molecule has 0 radical (unpaired) electrons. The molecule has 0 N–H and O–H groups in total. The zero-order valence-electron chi connectivity index (χ0n) is 16.0. The van der Waals surface area contributed by atoms with Crippen molar-refractivity contribution < 1.29 is 9.53 Å². The molecule has 0 aliphatic heterocycles. The Balaban J connectivity index is 2.08. The average Bonchev–Trinajstić information content (AvgIpc) is 2.65. The van der Waals surface area contributed by atoms with Crippen LogP contribution in [0.3, 0.4) is 0 Å². The highest BCUT2D eigenvalue weighted by Crippen LogP contribution is 2.25. The van der Waals surface area contributed by atoms with Crippen LogP contribution in [0.2, 0.25) is 0 Å². The molecule has 0 saturated carbocycles. The molecule has 0 heterocycles. The van der Waals surface area contributed by atoms with Crippen molar-refractivity contribution in [2.24, 2.45) is 0 Å². The van der Waals surface area contributed by atoms with E-state index in [-0.39, 0.29) is 5.91 Å². The predicted octanol–water partition coefficient (Wildman–Crippen LogP) is 4.57. The summed E-state index contributed by atoms with van der Waals surface area (Å²) >= 11 is 3.55. The van der Waals surface area contributed by atoms with Gasteiger partial charge in [0.25, 0.3) is 5.91 Å². The molecule has 0 unspecified atom stereocenters. The molecule has 4 nitrogen and oxygen atoms in total. The SMILES string of the molecule is CCN(CC)Cc1cc(Br)ccc1OCc1ccc(C(=O)N(C)C)cc1. The minimum atomic E-state index is 0.00638. The van der Waals surface area contributed by atoms with Gasteiger partial charge in [0.05, 0.1) is 0 Å². The van der Waals surface area contributed by atoms with E-state index in [0.29, 0.717) is 12.2 Å². The molecule has 140 valence electrons. The van der Waals surface area contributed by atoms with Gasteiger partial charge in [0.1, 0.15) is 12.4 Å². The third-order valence-corrected chi connectivity index (χ3v) is 4.81. The third kappa shape index (κ3) is 5.58. The van der Waals surface area contributed by atoms with E-state index in [4.69, 9.17) is 4.74 Å². The Hall–Kier alpha value is -1.85. The summed E-state index contributed by atoms with van der Waals surface area (Å²) in [5.74, 6) is 0.903. The maximum absolute atomic E-state index is 12.0. The van der Waals surface area contributed by atoms with Gasteiger partial charge in [0.15, 0.2) is 0 Å². The van der Waals surface area contributed by atoms with E-state index < -0.39 is 0 Å². The second-order valence-corrected chi connectivity index (χ2v) is 7.31. The smallest absolute Gasteiger partial charge is 0.253 e. The Labute approximate surface area is 164 Å². The average molecular weight is 419 g/mol. The molecule has 0 aromatic heterocycles. The second kappa shape index (κ2) is 9.74. The van der Waals surface area contributed by atoms with Crippen molar-refractivity contribution in [3.05, 3.63) is 63.6 Å². The number of benzene rings is 2. The first-order valence-electron chi connectivity index (χ1n) is 8.88. The first-order valence-corrected chi connectivity index (χ1v) is 9.68. The van der Waals surface area contributed by atoms with Crippen molar-refractivity contribution >= 4 is 21.8 Å². The molecule has 1 amide bonds. The fourth-order valence-corrected chi connectivity index (χ4v) is 3.07. The van der Waals surface area contributed by atoms with Crippen molar-refractivity contribution in [1.82, 2.24) is 9.80 Å². The quantitative estimate of drug-likeness (QED) is 0.629. The van der Waals surface area contributed by atoms with Crippen molar-refractivity contribution in [1.29, 1.82) is 0 Å². The van der Waals surface area contributed by atoms with E-state index in [2.05, 4.69) is 40.7 Å². The van der Waals surface area contributed by atoms with Gasteiger partial charge in [-0.05, 0) is 49.0 Å². The largest absolute Gasteiger partial charge is 0.489 e. The fraction of sp³-hybridized carbons (Fsp3) is 0.381. The summed E-state index contributed by atoms with van der Waals surface area (Å²) in [6, 6.07) is 13.7. The highest BCUT2D eigenvalue weighted by atomic mass is 79.9. The van der Waals surface area contributed by atoms with Crippen molar-refractivity contribution in [3.63, 3.8) is 0 Å². The number of halogens is 1. The second-order valence-electron chi connectivity index (χ2n) is 6.40. The van der Waals surface area contributed by atoms with Crippen LogP contribution in [0.15, 0.2) is 46.9 Å². The van der Waals surface area contributed by atoms with Crippen LogP contribution >= 0.6 is 15.9 Å². The zero-order chi connectivity index (χ0) is 19.1. The third-order valence-electron chi connectivity index (χ3n) is 4.31. The van der Waals surface area contributed by atoms with Crippen molar-refractivity contribution in [2.75, 3.05) is 27.2 Å². The summed E-state index contributed by atoms with van der Waals surface area (Å²) in [6.45, 7) is 7.67. The summed E-state index contributed by atoms with van der Waals surface area (Å²) in [5.41, 5.74) is 2.89. The number of carbonyl (C=O) groups excluding carboxylic acids is 1. The Kier molecular flexibility index (Phi) is 7.66. The summed E-state index contributed by atoms with van der Waals surface area (Å²) < 4.78 is 7.13. The van der Waals surface area contributed by atoms with Gasteiger partial charge in [-0.1, -0.05) is 41.9 Å². The minimum absolute atomic E-state index is 0.00638. The molecule has 0 bridgehead atoms. The van der Waals surface area contributed by atoms with E-state index in [1.54, 1.807) is 19.0 Å². The first-order chi connectivity index (χ1) is 12.4. The van der Waals surface area contributed by atoms with Gasteiger partial charge in [0, 0.05) is 36.2 Å². The number of hydrogen-bond donors (Lipinski definition) is 0. The molecule has 0 atom stereocenters. The summed E-state index contributed by atoms with van der Waals surface area (Å²) in [5, 5.41) is 0. The molecule has 2 aromatic rings. The highest BCUT2D eigenvalue weighted by Gasteiger charge is 2.10. The molecule has 0 saturated heterocycles. The van der Waals surface area contributed by atoms with Crippen LogP contribution in [0.1, 0.15) is 35.3 Å². The summed E-state index contributed by atoms with van der Waals surface area (Å²) in [4.78, 5) is 15.9. The van der Waals surface area contributed by atoms with Crippen LogP contribution in [-0.4, -0.2) is 42.9 Å². The van der Waals surface area contributed by atoms with Gasteiger partial charge in [0.2, 0.25) is 0 Å². The summed E-state index contributed by atoms with van der Waals surface area (Å²) in [7, 11) is 3.51. The van der Waals surface area contributed by atoms with Crippen LogP contribution in [-0.2, 0) is 13.2 Å². The van der Waals surface area contributed by atoms with Crippen LogP contribution in [0, 0.1) is 0 Å². The predicted molar refractivity (Wildman–Crippen MR) is 110 cm³/mol. The molecule has 0 aliphatic carbocycles. The Morgan fingerprint density at radius 1 is 1.04 bits per heavy atom. The van der Waals surface area contributed by atoms with Crippen LogP contribution in [0.25, 0.3) is 0 Å². The van der Waals surface area contributed by atoms with Gasteiger partial charge >= 0.3 is 0 Å². The van der Waals surface area contributed by atoms with E-state index in [0.717, 1.165) is 35.4 Å². The number of hydrogen-bond acceptors (Lipinski definition) is 3. The lowest BCUT2D eigenvalue weighted by Crippen LogP contribution is -2.22. The zero-order valence-corrected chi connectivity index (χ0v) is 17.5. The van der Waals surface area contributed by atoms with Crippen LogP contribution in [0.4, 0.5) is 0 Å². The normalized spacial score (nSPS) is 10.8. The van der Waals surface area contributed by atoms with E-state index in [1.165, 1.54) is 5.56 Å². The molecule has 2 rings (SSSR count). The van der Waals surface area contributed by atoms with Crippen molar-refractivity contribution in [2.45, 2.75) is 27.0 Å². The van der Waals surface area contributed by atoms with Crippen molar-refractivity contribution in [3.8, 4) is 5.75 Å². The number of amides is 1. The molecular weight excluding hydrogens is 392 g/mol. The van der Waals surface area contributed by atoms with Gasteiger partial charge in [-0.15, -0.1) is 0 Å². The number of carbonyl (C=O) groups is 1. The highest BCUT2D eigenvalue weighted by molar-refractivity contribution is 9.10. The Bertz CT molecular complexity index is 725. The van der Waals surface area contributed by atoms with Gasteiger partial charge < -0.3 is 9.64 Å². The molecule has 0 fully saturated rings. The van der Waals surface area contributed by atoms with Gasteiger partial charge in [-0.2, -0.15) is 0 Å². The Morgan fingerprint density at radius 3 is 2.27 bits per heavy atom. The van der Waals surface area contributed by atoms with Gasteiger partial charge in [-0.25, -0.2) is 0 Å². The molecular formula is C21H27BrN2O2. The number of rotatable bonds is 8. The lowest BCUT2D eigenvalue weighted by Gasteiger charge is -2.20. The molecule has 0 aliphatic rings. The maximum atomic E-state index is 12.0. The lowest BCUT2D eigenvalue weighted by atomic mass is 10.1. The Morgan fingerprint density at radius 2 is 1.69 bits per heavy atom. The number of nitrogens with zero attached hydrogens (tertiary/aromatic N) is 2. The lowest BCUT2D eigenvalue weighted by molar-refractivity contribution is 0.0827. The van der Waals surface area contributed by atoms with Crippen LogP contribution < -0.4 is 4.74 Å². The van der Waals surface area contributed by atoms with E-state index >= 15 is 0 Å². The molecule has 0 spiro atoms. The minimum Gasteiger partial charge on any atom is -0.489 e. The number of ether oxygens (including phenoxy) is 1. The van der Waals surface area contributed by atoms with Gasteiger partial charge in [-0.3, -0.25) is 9.69 Å². The molecule has 5 heteroatoms. The molecule has 26 heavy (non-hydrogen) atoms. The van der Waals surface area contributed by atoms with E-state index in [9.17, 15) is 4.79 Å². The van der Waals surface area contributed by atoms with Crippen LogP contribution in [0.5, 0.6) is 5.75 Å². The summed E-state index contributed by atoms with van der Waals surface area (Å²) in [6.07, 6.45) is 0. The standard InChI is InChI=1S/C21H27BrN2O2/c1-5-24(6-2)14-18-13-19(22)11-12-20(18)26-15-16-7-9-17(10-8-16)21(25)23(3)4/h7-13H,5-6,14-15H2,1-4H3. The molecule has 2 aromatic carbocycles. The fourth-order valence-electron chi connectivity index (χ4n) is 2.66. The van der Waals surface area contributed by atoms with E-state index in [1.807, 2.05) is 36.4 Å². The maximum Gasteiger partial charge on any atom is 0.253 e. The topological polar surface area (TPSA) is 32.8 Å². The monoisotopic (exact) mass is 418 g/mol. The first kappa shape index (κ1) is 20.5.